The van der Waals surface area contributed by atoms with Crippen molar-refractivity contribution < 1.29 is 4.79 Å². The van der Waals surface area contributed by atoms with Crippen molar-refractivity contribution in [3.63, 3.8) is 0 Å². The minimum absolute atomic E-state index is 0.495. The highest BCUT2D eigenvalue weighted by Crippen LogP contribution is 2.27. The minimum atomic E-state index is -0.495. The summed E-state index contributed by atoms with van der Waals surface area (Å²) in [5, 5.41) is 3.21. The predicted molar refractivity (Wildman–Crippen MR) is 92.5 cm³/mol. The third kappa shape index (κ3) is 3.87. The highest BCUT2D eigenvalue weighted by Gasteiger charge is 2.07. The number of carbonyl (C=O) groups excluding carboxylic acids is 1. The van der Waals surface area contributed by atoms with Crippen LogP contribution in [0.25, 0.3) is 12.2 Å². The summed E-state index contributed by atoms with van der Waals surface area (Å²) in [6.45, 7) is 2.11. The van der Waals surface area contributed by atoms with Crippen molar-refractivity contribution >= 4 is 35.5 Å². The number of urea groups is 1. The lowest BCUT2D eigenvalue weighted by molar-refractivity contribution is 0.252. The summed E-state index contributed by atoms with van der Waals surface area (Å²) in [5.74, 6) is 5.10. The fraction of sp³-hybridized carbons (Fsp3) is 0.118. The SMILES string of the molecule is CCc1ccccc1/C=C/c1c(Cl)cccc1NC(=O)NN. The molecule has 0 bridgehead atoms. The average Bonchev–Trinajstić information content (AvgIpc) is 2.54. The van der Waals surface area contributed by atoms with E-state index >= 15 is 0 Å². The van der Waals surface area contributed by atoms with E-state index in [1.807, 2.05) is 35.8 Å². The molecule has 2 amide bonds. The van der Waals surface area contributed by atoms with Crippen molar-refractivity contribution in [2.75, 3.05) is 5.32 Å². The van der Waals surface area contributed by atoms with E-state index in [2.05, 4.69) is 18.3 Å². The third-order valence-corrected chi connectivity index (χ3v) is 3.63. The minimum Gasteiger partial charge on any atom is -0.306 e. The number of hydrazine groups is 1. The van der Waals surface area contributed by atoms with Crippen LogP contribution in [0.2, 0.25) is 5.02 Å². The lowest BCUT2D eigenvalue weighted by Gasteiger charge is -2.10. The molecule has 22 heavy (non-hydrogen) atoms. The Hall–Kier alpha value is -2.30. The number of hydrogen-bond donors (Lipinski definition) is 3. The summed E-state index contributed by atoms with van der Waals surface area (Å²) in [6, 6.07) is 13.0. The Kier molecular flexibility index (Phi) is 5.58. The first-order chi connectivity index (χ1) is 10.7. The van der Waals surface area contributed by atoms with E-state index in [0.29, 0.717) is 10.7 Å². The van der Waals surface area contributed by atoms with Crippen molar-refractivity contribution in [1.29, 1.82) is 0 Å². The molecule has 0 heterocycles. The summed E-state index contributed by atoms with van der Waals surface area (Å²) in [7, 11) is 0. The van der Waals surface area contributed by atoms with E-state index < -0.39 is 6.03 Å². The molecular formula is C17H18ClN3O. The molecular weight excluding hydrogens is 298 g/mol. The zero-order valence-electron chi connectivity index (χ0n) is 12.3. The molecule has 0 atom stereocenters. The number of amides is 2. The largest absolute Gasteiger partial charge is 0.333 e. The van der Waals surface area contributed by atoms with Gasteiger partial charge in [-0.2, -0.15) is 0 Å². The summed E-state index contributed by atoms with van der Waals surface area (Å²) in [6.07, 6.45) is 4.83. The summed E-state index contributed by atoms with van der Waals surface area (Å²) in [4.78, 5) is 11.4. The lowest BCUT2D eigenvalue weighted by Crippen LogP contribution is -2.34. The van der Waals surface area contributed by atoms with E-state index in [1.165, 1.54) is 5.56 Å². The van der Waals surface area contributed by atoms with E-state index in [-0.39, 0.29) is 0 Å². The van der Waals surface area contributed by atoms with Gasteiger partial charge in [0.2, 0.25) is 0 Å². The molecule has 0 saturated heterocycles. The van der Waals surface area contributed by atoms with Crippen LogP contribution in [0.4, 0.5) is 10.5 Å². The van der Waals surface area contributed by atoms with Gasteiger partial charge in [-0.05, 0) is 29.7 Å². The van der Waals surface area contributed by atoms with Crippen LogP contribution in [0, 0.1) is 0 Å². The first-order valence-electron chi connectivity index (χ1n) is 6.97. The van der Waals surface area contributed by atoms with Gasteiger partial charge in [-0.1, -0.05) is 61.0 Å². The number of benzene rings is 2. The van der Waals surface area contributed by atoms with Gasteiger partial charge in [0.05, 0.1) is 5.69 Å². The first kappa shape index (κ1) is 16.1. The van der Waals surface area contributed by atoms with Crippen LogP contribution in [-0.2, 0) is 6.42 Å². The van der Waals surface area contributed by atoms with Gasteiger partial charge in [0.15, 0.2) is 0 Å². The molecule has 114 valence electrons. The monoisotopic (exact) mass is 315 g/mol. The van der Waals surface area contributed by atoms with E-state index in [4.69, 9.17) is 17.4 Å². The molecule has 0 aliphatic rings. The Labute approximate surface area is 134 Å². The first-order valence-corrected chi connectivity index (χ1v) is 7.35. The highest BCUT2D eigenvalue weighted by atomic mass is 35.5. The van der Waals surface area contributed by atoms with E-state index in [0.717, 1.165) is 17.5 Å². The Bertz CT molecular complexity index is 698. The van der Waals surface area contributed by atoms with Crippen LogP contribution in [0.3, 0.4) is 0 Å². The van der Waals surface area contributed by atoms with Crippen LogP contribution in [0.1, 0.15) is 23.6 Å². The second-order valence-corrected chi connectivity index (χ2v) is 5.09. The highest BCUT2D eigenvalue weighted by molar-refractivity contribution is 6.32. The van der Waals surface area contributed by atoms with Gasteiger partial charge in [0.1, 0.15) is 0 Å². The smallest absolute Gasteiger partial charge is 0.306 e. The fourth-order valence-electron chi connectivity index (χ4n) is 2.17. The van der Waals surface area contributed by atoms with Crippen LogP contribution in [0.15, 0.2) is 42.5 Å². The fourth-order valence-corrected chi connectivity index (χ4v) is 2.40. The number of nitrogens with two attached hydrogens (primary N) is 1. The molecule has 0 aromatic heterocycles. The standard InChI is InChI=1S/C17H18ClN3O/c1-2-12-6-3-4-7-13(12)10-11-14-15(18)8-5-9-16(14)20-17(22)21-19/h3-11H,2,19H2,1H3,(H2,20,21,22)/b11-10+. The van der Waals surface area contributed by atoms with Crippen molar-refractivity contribution in [2.45, 2.75) is 13.3 Å². The molecule has 0 unspecified atom stereocenters. The van der Waals surface area contributed by atoms with Crippen LogP contribution < -0.4 is 16.6 Å². The zero-order valence-corrected chi connectivity index (χ0v) is 13.0. The summed E-state index contributed by atoms with van der Waals surface area (Å²) < 4.78 is 0. The topological polar surface area (TPSA) is 67.2 Å². The number of halogens is 1. The lowest BCUT2D eigenvalue weighted by atomic mass is 10.0. The van der Waals surface area contributed by atoms with Crippen molar-refractivity contribution in [3.8, 4) is 0 Å². The van der Waals surface area contributed by atoms with Gasteiger partial charge in [0, 0.05) is 10.6 Å². The number of rotatable bonds is 4. The maximum absolute atomic E-state index is 11.4. The Morgan fingerprint density at radius 1 is 1.18 bits per heavy atom. The molecule has 0 spiro atoms. The van der Waals surface area contributed by atoms with Gasteiger partial charge in [-0.15, -0.1) is 0 Å². The predicted octanol–water partition coefficient (Wildman–Crippen LogP) is 4.07. The zero-order chi connectivity index (χ0) is 15.9. The van der Waals surface area contributed by atoms with E-state index in [1.54, 1.807) is 18.2 Å². The quantitative estimate of drug-likeness (QED) is 0.344. The molecule has 0 fully saturated rings. The van der Waals surface area contributed by atoms with E-state index in [9.17, 15) is 4.79 Å². The molecule has 4 nitrogen and oxygen atoms in total. The Morgan fingerprint density at radius 3 is 2.68 bits per heavy atom. The molecule has 2 aromatic carbocycles. The van der Waals surface area contributed by atoms with Crippen molar-refractivity contribution in [1.82, 2.24) is 5.43 Å². The molecule has 0 radical (unpaired) electrons. The molecule has 0 aliphatic heterocycles. The van der Waals surface area contributed by atoms with Crippen molar-refractivity contribution in [2.24, 2.45) is 5.84 Å². The number of carbonyl (C=O) groups is 1. The number of nitrogens with one attached hydrogen (secondary N) is 2. The van der Waals surface area contributed by atoms with Crippen molar-refractivity contribution in [3.05, 3.63) is 64.2 Å². The van der Waals surface area contributed by atoms with Gasteiger partial charge < -0.3 is 5.32 Å². The second kappa shape index (κ2) is 7.64. The van der Waals surface area contributed by atoms with Crippen LogP contribution >= 0.6 is 11.6 Å². The average molecular weight is 316 g/mol. The number of anilines is 1. The summed E-state index contributed by atoms with van der Waals surface area (Å²) in [5.41, 5.74) is 5.74. The Balaban J connectivity index is 2.36. The molecule has 0 aliphatic carbocycles. The number of aryl methyl sites for hydroxylation is 1. The second-order valence-electron chi connectivity index (χ2n) is 4.69. The molecule has 2 rings (SSSR count). The number of hydrogen-bond acceptors (Lipinski definition) is 2. The molecule has 4 N–H and O–H groups in total. The maximum Gasteiger partial charge on any atom is 0.333 e. The summed E-state index contributed by atoms with van der Waals surface area (Å²) >= 11 is 6.24. The molecule has 0 saturated carbocycles. The normalized spacial score (nSPS) is 10.7. The van der Waals surface area contributed by atoms with Gasteiger partial charge in [-0.25, -0.2) is 10.6 Å². The van der Waals surface area contributed by atoms with Crippen LogP contribution in [-0.4, -0.2) is 6.03 Å². The van der Waals surface area contributed by atoms with Crippen LogP contribution in [0.5, 0.6) is 0 Å². The third-order valence-electron chi connectivity index (χ3n) is 3.30. The van der Waals surface area contributed by atoms with Gasteiger partial charge in [-0.3, -0.25) is 5.43 Å². The molecule has 2 aromatic rings. The molecule has 5 heteroatoms. The van der Waals surface area contributed by atoms with Gasteiger partial charge >= 0.3 is 6.03 Å². The van der Waals surface area contributed by atoms with Gasteiger partial charge in [0.25, 0.3) is 0 Å². The Morgan fingerprint density at radius 2 is 1.95 bits per heavy atom. The maximum atomic E-state index is 11.4.